The standard InChI is InChI=1S/C7H11N5O2/c1-11-6(8-9-10-11)5-3-2-4-12(5)7(13)14/h5H,2-4H2,1H3,(H,13,14)/t5-/m0/s1. The van der Waals surface area contributed by atoms with Crippen molar-refractivity contribution in [3.8, 4) is 0 Å². The minimum absolute atomic E-state index is 0.188. The highest BCUT2D eigenvalue weighted by atomic mass is 16.4. The number of likely N-dealkylation sites (tertiary alicyclic amines) is 1. The van der Waals surface area contributed by atoms with E-state index in [0.717, 1.165) is 12.8 Å². The summed E-state index contributed by atoms with van der Waals surface area (Å²) in [6.07, 6.45) is 0.750. The maximum Gasteiger partial charge on any atom is 0.407 e. The van der Waals surface area contributed by atoms with Crippen molar-refractivity contribution in [1.29, 1.82) is 0 Å². The van der Waals surface area contributed by atoms with Gasteiger partial charge in [-0.2, -0.15) is 0 Å². The van der Waals surface area contributed by atoms with Gasteiger partial charge < -0.3 is 5.11 Å². The van der Waals surface area contributed by atoms with Crippen LogP contribution in [0.15, 0.2) is 0 Å². The molecule has 0 saturated carbocycles. The molecule has 1 aromatic heterocycles. The number of rotatable bonds is 1. The minimum atomic E-state index is -0.907. The zero-order chi connectivity index (χ0) is 10.1. The van der Waals surface area contributed by atoms with E-state index in [2.05, 4.69) is 15.5 Å². The Bertz CT molecular complexity index is 350. The first-order chi connectivity index (χ1) is 6.70. The molecule has 7 heteroatoms. The molecule has 1 aliphatic rings. The monoisotopic (exact) mass is 197 g/mol. The molecule has 76 valence electrons. The fourth-order valence-corrected chi connectivity index (χ4v) is 1.78. The van der Waals surface area contributed by atoms with Gasteiger partial charge in [-0.25, -0.2) is 9.48 Å². The summed E-state index contributed by atoms with van der Waals surface area (Å²) in [5, 5.41) is 19.9. The molecule has 1 aliphatic heterocycles. The van der Waals surface area contributed by atoms with Gasteiger partial charge in [0.2, 0.25) is 0 Å². The van der Waals surface area contributed by atoms with Crippen molar-refractivity contribution in [2.24, 2.45) is 7.05 Å². The molecule has 2 heterocycles. The van der Waals surface area contributed by atoms with Crippen LogP contribution in [0.5, 0.6) is 0 Å². The summed E-state index contributed by atoms with van der Waals surface area (Å²) >= 11 is 0. The summed E-state index contributed by atoms with van der Waals surface area (Å²) in [4.78, 5) is 12.2. The van der Waals surface area contributed by atoms with Gasteiger partial charge in [0.15, 0.2) is 5.82 Å². The van der Waals surface area contributed by atoms with Crippen molar-refractivity contribution in [2.45, 2.75) is 18.9 Å². The molecule has 1 atom stereocenters. The highest BCUT2D eigenvalue weighted by molar-refractivity contribution is 5.65. The maximum absolute atomic E-state index is 10.9. The third kappa shape index (κ3) is 1.30. The van der Waals surface area contributed by atoms with Crippen molar-refractivity contribution < 1.29 is 9.90 Å². The number of aryl methyl sites for hydroxylation is 1. The third-order valence-corrected chi connectivity index (χ3v) is 2.45. The second-order valence-electron chi connectivity index (χ2n) is 3.29. The zero-order valence-corrected chi connectivity index (χ0v) is 7.79. The molecule has 14 heavy (non-hydrogen) atoms. The normalized spacial score (nSPS) is 21.5. The third-order valence-electron chi connectivity index (χ3n) is 2.45. The van der Waals surface area contributed by atoms with Crippen LogP contribution in [0, 0.1) is 0 Å². The number of carboxylic acid groups (broad SMARTS) is 1. The molecule has 0 unspecified atom stereocenters. The lowest BCUT2D eigenvalue weighted by Crippen LogP contribution is -2.30. The summed E-state index contributed by atoms with van der Waals surface area (Å²) < 4.78 is 1.52. The van der Waals surface area contributed by atoms with E-state index in [-0.39, 0.29) is 6.04 Å². The van der Waals surface area contributed by atoms with Crippen molar-refractivity contribution in [3.63, 3.8) is 0 Å². The van der Waals surface area contributed by atoms with E-state index in [0.29, 0.717) is 12.4 Å². The van der Waals surface area contributed by atoms with E-state index in [1.54, 1.807) is 7.05 Å². The summed E-state index contributed by atoms with van der Waals surface area (Å²) in [6.45, 7) is 0.562. The molecule has 0 aliphatic carbocycles. The van der Waals surface area contributed by atoms with Crippen LogP contribution in [0.1, 0.15) is 24.7 Å². The first-order valence-corrected chi connectivity index (χ1v) is 4.42. The molecular weight excluding hydrogens is 186 g/mol. The van der Waals surface area contributed by atoms with E-state index in [1.807, 2.05) is 0 Å². The summed E-state index contributed by atoms with van der Waals surface area (Å²) in [7, 11) is 1.72. The topological polar surface area (TPSA) is 84.1 Å². The van der Waals surface area contributed by atoms with Crippen LogP contribution in [0.3, 0.4) is 0 Å². The number of nitrogens with zero attached hydrogens (tertiary/aromatic N) is 5. The lowest BCUT2D eigenvalue weighted by atomic mass is 10.2. The summed E-state index contributed by atoms with van der Waals surface area (Å²) in [6, 6.07) is -0.188. The second-order valence-corrected chi connectivity index (χ2v) is 3.29. The smallest absolute Gasteiger partial charge is 0.407 e. The highest BCUT2D eigenvalue weighted by Crippen LogP contribution is 2.29. The van der Waals surface area contributed by atoms with Gasteiger partial charge in [-0.3, -0.25) is 4.90 Å². The number of tetrazole rings is 1. The second kappa shape index (κ2) is 3.24. The fraction of sp³-hybridized carbons (Fsp3) is 0.714. The first-order valence-electron chi connectivity index (χ1n) is 4.42. The molecule has 1 amide bonds. The van der Waals surface area contributed by atoms with Crippen molar-refractivity contribution >= 4 is 6.09 Å². The van der Waals surface area contributed by atoms with E-state index in [4.69, 9.17) is 5.11 Å². The average molecular weight is 197 g/mol. The van der Waals surface area contributed by atoms with Crippen LogP contribution in [0.2, 0.25) is 0 Å². The molecule has 7 nitrogen and oxygen atoms in total. The van der Waals surface area contributed by atoms with Crippen molar-refractivity contribution in [3.05, 3.63) is 5.82 Å². The largest absolute Gasteiger partial charge is 0.465 e. The zero-order valence-electron chi connectivity index (χ0n) is 7.79. The predicted octanol–water partition coefficient (Wildman–Crippen LogP) is 0.0250. The van der Waals surface area contributed by atoms with Gasteiger partial charge in [0.1, 0.15) is 0 Å². The van der Waals surface area contributed by atoms with E-state index in [9.17, 15) is 4.79 Å². The Morgan fingerprint density at radius 1 is 1.64 bits per heavy atom. The average Bonchev–Trinajstić information content (AvgIpc) is 2.70. The molecule has 1 aromatic rings. The van der Waals surface area contributed by atoms with Crippen molar-refractivity contribution in [2.75, 3.05) is 6.54 Å². The fourth-order valence-electron chi connectivity index (χ4n) is 1.78. The van der Waals surface area contributed by atoms with Gasteiger partial charge in [-0.1, -0.05) is 0 Å². The number of carbonyl (C=O) groups is 1. The quantitative estimate of drug-likeness (QED) is 0.686. The number of aromatic nitrogens is 4. The van der Waals surface area contributed by atoms with Crippen LogP contribution in [-0.2, 0) is 7.05 Å². The number of hydrogen-bond acceptors (Lipinski definition) is 4. The first kappa shape index (κ1) is 8.92. The van der Waals surface area contributed by atoms with Gasteiger partial charge >= 0.3 is 6.09 Å². The number of amides is 1. The van der Waals surface area contributed by atoms with Crippen molar-refractivity contribution in [1.82, 2.24) is 25.1 Å². The predicted molar refractivity (Wildman–Crippen MR) is 45.5 cm³/mol. The minimum Gasteiger partial charge on any atom is -0.465 e. The Morgan fingerprint density at radius 3 is 3.00 bits per heavy atom. The molecule has 1 fully saturated rings. The highest BCUT2D eigenvalue weighted by Gasteiger charge is 2.32. The van der Waals surface area contributed by atoms with Crippen LogP contribution >= 0.6 is 0 Å². The summed E-state index contributed by atoms with van der Waals surface area (Å²) in [5.74, 6) is 0.616. The van der Waals surface area contributed by atoms with E-state index >= 15 is 0 Å². The van der Waals surface area contributed by atoms with Gasteiger partial charge in [0.05, 0.1) is 6.04 Å². The van der Waals surface area contributed by atoms with E-state index < -0.39 is 6.09 Å². The Morgan fingerprint density at radius 2 is 2.43 bits per heavy atom. The molecule has 2 rings (SSSR count). The Kier molecular flexibility index (Phi) is 2.06. The number of hydrogen-bond donors (Lipinski definition) is 1. The molecule has 1 saturated heterocycles. The SMILES string of the molecule is Cn1nnnc1[C@@H]1CCCN1C(=O)O. The Balaban J connectivity index is 2.26. The molecular formula is C7H11N5O2. The Labute approximate surface area is 80.3 Å². The van der Waals surface area contributed by atoms with Gasteiger partial charge in [-0.15, -0.1) is 5.10 Å². The lowest BCUT2D eigenvalue weighted by Gasteiger charge is -2.19. The van der Waals surface area contributed by atoms with Crippen LogP contribution < -0.4 is 0 Å². The molecule has 1 N–H and O–H groups in total. The van der Waals surface area contributed by atoms with Gasteiger partial charge in [-0.05, 0) is 23.3 Å². The Hall–Kier alpha value is -1.66. The van der Waals surface area contributed by atoms with Crippen LogP contribution in [-0.4, -0.2) is 42.9 Å². The summed E-state index contributed by atoms with van der Waals surface area (Å²) in [5.41, 5.74) is 0. The molecule has 0 aromatic carbocycles. The van der Waals surface area contributed by atoms with E-state index in [1.165, 1.54) is 9.58 Å². The van der Waals surface area contributed by atoms with Gasteiger partial charge in [0, 0.05) is 13.6 Å². The molecule has 0 radical (unpaired) electrons. The van der Waals surface area contributed by atoms with Crippen LogP contribution in [0.25, 0.3) is 0 Å². The van der Waals surface area contributed by atoms with Gasteiger partial charge in [0.25, 0.3) is 0 Å². The molecule has 0 bridgehead atoms. The lowest BCUT2D eigenvalue weighted by molar-refractivity contribution is 0.138. The maximum atomic E-state index is 10.9. The van der Waals surface area contributed by atoms with Crippen LogP contribution in [0.4, 0.5) is 4.79 Å². The molecule has 0 spiro atoms.